The van der Waals surface area contributed by atoms with E-state index in [1.807, 2.05) is 4.90 Å². The van der Waals surface area contributed by atoms with E-state index >= 15 is 0 Å². The van der Waals surface area contributed by atoms with E-state index in [9.17, 15) is 4.79 Å². The number of anilines is 2. The largest absolute Gasteiger partial charge is 0.396 e. The maximum atomic E-state index is 11.3. The molecule has 16 heavy (non-hydrogen) atoms. The van der Waals surface area contributed by atoms with E-state index in [1.165, 1.54) is 0 Å². The quantitative estimate of drug-likeness (QED) is 0.748. The number of aromatic nitrogens is 1. The number of amides is 1. The van der Waals surface area contributed by atoms with E-state index in [-0.39, 0.29) is 11.9 Å². The first-order valence-electron chi connectivity index (χ1n) is 5.07. The van der Waals surface area contributed by atoms with E-state index < -0.39 is 0 Å². The number of hydrogen-bond acceptors (Lipinski definition) is 4. The van der Waals surface area contributed by atoms with Crippen LogP contribution in [0, 0.1) is 0 Å². The van der Waals surface area contributed by atoms with Crippen molar-refractivity contribution in [3.63, 3.8) is 0 Å². The number of rotatable bonds is 2. The summed E-state index contributed by atoms with van der Waals surface area (Å²) in [5.41, 5.74) is 11.7. The zero-order valence-electron chi connectivity index (χ0n) is 8.69. The Morgan fingerprint density at radius 3 is 3.00 bits per heavy atom. The molecule has 1 aromatic rings. The van der Waals surface area contributed by atoms with Gasteiger partial charge in [0.15, 0.2) is 5.82 Å². The lowest BCUT2D eigenvalue weighted by molar-refractivity contribution is -0.119. The van der Waals surface area contributed by atoms with Gasteiger partial charge in [-0.15, -0.1) is 0 Å². The summed E-state index contributed by atoms with van der Waals surface area (Å²) in [6, 6.07) is 2.98. The molecule has 1 atom stereocenters. The van der Waals surface area contributed by atoms with Gasteiger partial charge in [0.1, 0.15) is 11.2 Å². The highest BCUT2D eigenvalue weighted by molar-refractivity contribution is 6.29. The molecule has 5 nitrogen and oxygen atoms in total. The van der Waals surface area contributed by atoms with Gasteiger partial charge in [-0.1, -0.05) is 11.6 Å². The molecular weight excluding hydrogens is 228 g/mol. The molecule has 0 saturated carbocycles. The first-order valence-corrected chi connectivity index (χ1v) is 5.45. The molecule has 0 bridgehead atoms. The van der Waals surface area contributed by atoms with E-state index in [0.29, 0.717) is 16.7 Å². The fourth-order valence-electron chi connectivity index (χ4n) is 1.98. The Morgan fingerprint density at radius 2 is 2.31 bits per heavy atom. The molecule has 86 valence electrons. The Balaban J connectivity index is 2.35. The summed E-state index contributed by atoms with van der Waals surface area (Å²) in [5, 5.41) is 0.360. The number of nitrogen functional groups attached to an aromatic ring is 1. The van der Waals surface area contributed by atoms with Gasteiger partial charge >= 0.3 is 0 Å². The second-order valence-corrected chi connectivity index (χ2v) is 4.19. The summed E-state index contributed by atoms with van der Waals surface area (Å²) in [7, 11) is 0. The van der Waals surface area contributed by atoms with Crippen molar-refractivity contribution in [2.45, 2.75) is 18.9 Å². The van der Waals surface area contributed by atoms with Gasteiger partial charge in [-0.25, -0.2) is 4.98 Å². The van der Waals surface area contributed by atoms with Crippen LogP contribution in [0.1, 0.15) is 12.8 Å². The Labute approximate surface area is 98.4 Å². The Morgan fingerprint density at radius 1 is 1.56 bits per heavy atom. The van der Waals surface area contributed by atoms with Crippen molar-refractivity contribution in [1.82, 2.24) is 4.98 Å². The highest BCUT2D eigenvalue weighted by Crippen LogP contribution is 2.29. The molecule has 4 N–H and O–H groups in total. The van der Waals surface area contributed by atoms with Gasteiger partial charge in [0, 0.05) is 6.54 Å². The number of halogens is 1. The number of pyridine rings is 1. The normalized spacial score (nSPS) is 20.1. The van der Waals surface area contributed by atoms with Gasteiger partial charge < -0.3 is 16.4 Å². The highest BCUT2D eigenvalue weighted by atomic mass is 35.5. The molecule has 0 aliphatic carbocycles. The summed E-state index contributed by atoms with van der Waals surface area (Å²) < 4.78 is 0. The van der Waals surface area contributed by atoms with Crippen LogP contribution in [0.25, 0.3) is 0 Å². The van der Waals surface area contributed by atoms with Crippen LogP contribution in [-0.4, -0.2) is 23.5 Å². The average Bonchev–Trinajstić information content (AvgIpc) is 2.70. The van der Waals surface area contributed by atoms with Crippen molar-refractivity contribution in [2.75, 3.05) is 17.2 Å². The standard InChI is InChI=1S/C10H13ClN4O/c11-8-4-3-6(12)10(14-8)15-5-1-2-7(15)9(13)16/h3-4,7H,1-2,5,12H2,(H2,13,16). The molecule has 1 aromatic heterocycles. The third-order valence-corrected chi connectivity index (χ3v) is 2.94. The molecule has 1 aliphatic heterocycles. The molecule has 1 aliphatic rings. The van der Waals surface area contributed by atoms with Crippen LogP contribution in [0.15, 0.2) is 12.1 Å². The van der Waals surface area contributed by atoms with Crippen LogP contribution in [0.4, 0.5) is 11.5 Å². The van der Waals surface area contributed by atoms with Gasteiger partial charge in [0.05, 0.1) is 5.69 Å². The maximum absolute atomic E-state index is 11.3. The van der Waals surface area contributed by atoms with Crippen molar-refractivity contribution < 1.29 is 4.79 Å². The van der Waals surface area contributed by atoms with Gasteiger partial charge in [-0.3, -0.25) is 4.79 Å². The van der Waals surface area contributed by atoms with Crippen molar-refractivity contribution in [1.29, 1.82) is 0 Å². The van der Waals surface area contributed by atoms with Crippen molar-refractivity contribution in [3.8, 4) is 0 Å². The van der Waals surface area contributed by atoms with Crippen LogP contribution < -0.4 is 16.4 Å². The first kappa shape index (κ1) is 11.0. The summed E-state index contributed by atoms with van der Waals surface area (Å²) in [4.78, 5) is 17.2. The van der Waals surface area contributed by atoms with E-state index in [4.69, 9.17) is 23.1 Å². The van der Waals surface area contributed by atoms with Crippen LogP contribution in [0.3, 0.4) is 0 Å². The predicted octanol–water partition coefficient (Wildman–Crippen LogP) is 0.771. The molecule has 2 heterocycles. The molecule has 1 amide bonds. The zero-order chi connectivity index (χ0) is 11.7. The van der Waals surface area contributed by atoms with Gasteiger partial charge in [-0.2, -0.15) is 0 Å². The molecular formula is C10H13ClN4O. The topological polar surface area (TPSA) is 85.2 Å². The second-order valence-electron chi connectivity index (χ2n) is 3.80. The van der Waals surface area contributed by atoms with Gasteiger partial charge in [-0.05, 0) is 25.0 Å². The second kappa shape index (κ2) is 4.17. The molecule has 0 spiro atoms. The fraction of sp³-hybridized carbons (Fsp3) is 0.400. The number of hydrogen-bond donors (Lipinski definition) is 2. The zero-order valence-corrected chi connectivity index (χ0v) is 9.44. The highest BCUT2D eigenvalue weighted by Gasteiger charge is 2.31. The van der Waals surface area contributed by atoms with Crippen molar-refractivity contribution in [3.05, 3.63) is 17.3 Å². The molecule has 0 aromatic carbocycles. The molecule has 0 radical (unpaired) electrons. The fourth-order valence-corrected chi connectivity index (χ4v) is 2.13. The number of primary amides is 1. The first-order chi connectivity index (χ1) is 7.59. The van der Waals surface area contributed by atoms with Crippen LogP contribution >= 0.6 is 11.6 Å². The number of nitrogens with two attached hydrogens (primary N) is 2. The Bertz CT molecular complexity index is 423. The number of carbonyl (C=O) groups is 1. The Kier molecular flexibility index (Phi) is 2.87. The summed E-state index contributed by atoms with van der Waals surface area (Å²) >= 11 is 5.81. The van der Waals surface area contributed by atoms with E-state index in [2.05, 4.69) is 4.98 Å². The average molecular weight is 241 g/mol. The summed E-state index contributed by atoms with van der Waals surface area (Å²) in [6.07, 6.45) is 1.64. The monoisotopic (exact) mass is 240 g/mol. The SMILES string of the molecule is NC(=O)C1CCCN1c1nc(Cl)ccc1N. The number of nitrogens with zero attached hydrogens (tertiary/aromatic N) is 2. The summed E-state index contributed by atoms with van der Waals surface area (Å²) in [5.74, 6) is 0.201. The predicted molar refractivity (Wildman–Crippen MR) is 63.2 cm³/mol. The smallest absolute Gasteiger partial charge is 0.240 e. The van der Waals surface area contributed by atoms with Crippen molar-refractivity contribution >= 4 is 29.0 Å². The third kappa shape index (κ3) is 1.90. The molecule has 6 heteroatoms. The minimum Gasteiger partial charge on any atom is -0.396 e. The molecule has 1 fully saturated rings. The molecule has 1 unspecified atom stereocenters. The van der Waals surface area contributed by atoms with E-state index in [1.54, 1.807) is 12.1 Å². The molecule has 1 saturated heterocycles. The Hall–Kier alpha value is -1.49. The maximum Gasteiger partial charge on any atom is 0.240 e. The van der Waals surface area contributed by atoms with Crippen molar-refractivity contribution in [2.24, 2.45) is 5.73 Å². The molecule has 2 rings (SSSR count). The lowest BCUT2D eigenvalue weighted by atomic mass is 10.2. The van der Waals surface area contributed by atoms with Crippen LogP contribution in [0.5, 0.6) is 0 Å². The minimum atomic E-state index is -0.348. The summed E-state index contributed by atoms with van der Waals surface area (Å²) in [6.45, 7) is 0.727. The lowest BCUT2D eigenvalue weighted by Crippen LogP contribution is -2.41. The van der Waals surface area contributed by atoms with Crippen LogP contribution in [-0.2, 0) is 4.79 Å². The third-order valence-electron chi connectivity index (χ3n) is 2.72. The lowest BCUT2D eigenvalue weighted by Gasteiger charge is -2.24. The van der Waals surface area contributed by atoms with Crippen LogP contribution in [0.2, 0.25) is 5.15 Å². The van der Waals surface area contributed by atoms with Gasteiger partial charge in [0.25, 0.3) is 0 Å². The minimum absolute atomic E-state index is 0.326. The van der Waals surface area contributed by atoms with Gasteiger partial charge in [0.2, 0.25) is 5.91 Å². The van der Waals surface area contributed by atoms with E-state index in [0.717, 1.165) is 19.4 Å². The number of carbonyl (C=O) groups excluding carboxylic acids is 1.